The zero-order chi connectivity index (χ0) is 6.24. The molecule has 8 heavy (non-hydrogen) atoms. The van der Waals surface area contributed by atoms with E-state index in [9.17, 15) is 0 Å². The highest BCUT2D eigenvalue weighted by molar-refractivity contribution is 5.58. The molecule has 0 saturated heterocycles. The lowest BCUT2D eigenvalue weighted by atomic mass is 10.4. The molecule has 0 atom stereocenters. The van der Waals surface area contributed by atoms with Gasteiger partial charge in [-0.15, -0.1) is 0 Å². The van der Waals surface area contributed by atoms with E-state index in [1.807, 2.05) is 6.08 Å². The second kappa shape index (κ2) is 6.21. The first-order chi connectivity index (χ1) is 3.91. The molecule has 0 bridgehead atoms. The normalized spacial score (nSPS) is 11.2. The summed E-state index contributed by atoms with van der Waals surface area (Å²) in [7, 11) is 1.52. The highest BCUT2D eigenvalue weighted by Crippen LogP contribution is 1.76. The van der Waals surface area contributed by atoms with Gasteiger partial charge >= 0.3 is 0 Å². The van der Waals surface area contributed by atoms with E-state index in [0.717, 1.165) is 6.42 Å². The van der Waals surface area contributed by atoms with Gasteiger partial charge in [0.1, 0.15) is 7.11 Å². The predicted octanol–water partition coefficient (Wildman–Crippen LogP) is 1.40. The summed E-state index contributed by atoms with van der Waals surface area (Å²) in [4.78, 5) is 4.40. The average molecular weight is 112 g/mol. The zero-order valence-electron chi connectivity index (χ0n) is 5.00. The molecule has 0 aliphatic rings. The van der Waals surface area contributed by atoms with E-state index >= 15 is 0 Å². The Balaban J connectivity index is 3.03. The molecule has 0 N–H and O–H groups in total. The number of hydrogen-bond donors (Lipinski definition) is 0. The molecule has 45 valence electrons. The van der Waals surface area contributed by atoms with Gasteiger partial charge in [0.05, 0.1) is 0 Å². The fraction of sp³-hybridized carbons (Fsp3) is 0.333. The summed E-state index contributed by atoms with van der Waals surface area (Å²) in [6.07, 6.45) is 6.07. The van der Waals surface area contributed by atoms with Gasteiger partial charge in [0.25, 0.3) is 0 Å². The fourth-order valence-electron chi connectivity index (χ4n) is 0.275. The van der Waals surface area contributed by atoms with Crippen molar-refractivity contribution in [2.45, 2.75) is 6.42 Å². The molecule has 1 radical (unpaired) electrons. The number of nitrogens with zero attached hydrogens (tertiary/aromatic N) is 1. The van der Waals surface area contributed by atoms with Crippen LogP contribution in [0.3, 0.4) is 0 Å². The number of allylic oxidation sites excluding steroid dienone is 2. The van der Waals surface area contributed by atoms with Crippen LogP contribution in [0.1, 0.15) is 6.42 Å². The molecule has 0 unspecified atom stereocenters. The molecule has 0 amide bonds. The first-order valence-corrected chi connectivity index (χ1v) is 2.41. The highest BCUT2D eigenvalue weighted by atomic mass is 16.6. The van der Waals surface area contributed by atoms with E-state index in [-0.39, 0.29) is 0 Å². The summed E-state index contributed by atoms with van der Waals surface area (Å²) in [6, 6.07) is 0. The highest BCUT2D eigenvalue weighted by Gasteiger charge is 1.66. The van der Waals surface area contributed by atoms with Crippen LogP contribution in [0, 0.1) is 6.92 Å². The van der Waals surface area contributed by atoms with E-state index in [2.05, 4.69) is 16.9 Å². The Morgan fingerprint density at radius 3 is 3.00 bits per heavy atom. The van der Waals surface area contributed by atoms with E-state index in [4.69, 9.17) is 0 Å². The molecule has 2 nitrogen and oxygen atoms in total. The van der Waals surface area contributed by atoms with Crippen molar-refractivity contribution in [2.24, 2.45) is 5.16 Å². The van der Waals surface area contributed by atoms with Gasteiger partial charge in [-0.05, 0) is 6.92 Å². The second-order valence-electron chi connectivity index (χ2n) is 1.18. The molecule has 0 aromatic heterocycles. The van der Waals surface area contributed by atoms with Gasteiger partial charge in [0, 0.05) is 12.6 Å². The minimum atomic E-state index is 0.789. The molecule has 0 aliphatic heterocycles. The van der Waals surface area contributed by atoms with Crippen LogP contribution in [0.2, 0.25) is 0 Å². The van der Waals surface area contributed by atoms with Crippen LogP contribution in [0.4, 0.5) is 0 Å². The van der Waals surface area contributed by atoms with Gasteiger partial charge in [0.2, 0.25) is 0 Å². The Morgan fingerprint density at radius 2 is 2.50 bits per heavy atom. The molecule has 0 spiro atoms. The maximum Gasteiger partial charge on any atom is 0.106 e. The van der Waals surface area contributed by atoms with Crippen molar-refractivity contribution >= 4 is 6.21 Å². The molecule has 0 fully saturated rings. The second-order valence-corrected chi connectivity index (χ2v) is 1.18. The quantitative estimate of drug-likeness (QED) is 0.399. The van der Waals surface area contributed by atoms with Gasteiger partial charge in [-0.1, -0.05) is 17.3 Å². The van der Waals surface area contributed by atoms with Crippen molar-refractivity contribution in [1.29, 1.82) is 0 Å². The van der Waals surface area contributed by atoms with Crippen LogP contribution in [-0.2, 0) is 4.84 Å². The van der Waals surface area contributed by atoms with Crippen molar-refractivity contribution < 1.29 is 4.84 Å². The van der Waals surface area contributed by atoms with Gasteiger partial charge < -0.3 is 4.84 Å². The molecule has 0 heterocycles. The smallest absolute Gasteiger partial charge is 0.106 e. The van der Waals surface area contributed by atoms with Crippen LogP contribution in [0.25, 0.3) is 0 Å². The summed E-state index contributed by atoms with van der Waals surface area (Å²) in [5.41, 5.74) is 0. The first kappa shape index (κ1) is 7.21. The zero-order valence-corrected chi connectivity index (χ0v) is 5.00. The van der Waals surface area contributed by atoms with Gasteiger partial charge in [0.15, 0.2) is 0 Å². The summed E-state index contributed by atoms with van der Waals surface area (Å²) >= 11 is 0. The van der Waals surface area contributed by atoms with Crippen LogP contribution >= 0.6 is 0 Å². The third-order valence-corrected chi connectivity index (χ3v) is 0.588. The standard InChI is InChI=1S/C6H10NO/c1-3-4-5-6-7-8-2/h3-4,6H,1,5H2,2H3. The minimum Gasteiger partial charge on any atom is -0.399 e. The van der Waals surface area contributed by atoms with Gasteiger partial charge in [-0.25, -0.2) is 0 Å². The van der Waals surface area contributed by atoms with Crippen LogP contribution in [0.15, 0.2) is 17.3 Å². The largest absolute Gasteiger partial charge is 0.399 e. The predicted molar refractivity (Wildman–Crippen MR) is 34.6 cm³/mol. The SMILES string of the molecule is [CH2]C=CCC=NOC. The van der Waals surface area contributed by atoms with E-state index in [0.29, 0.717) is 0 Å². The lowest BCUT2D eigenvalue weighted by Gasteiger charge is -1.80. The van der Waals surface area contributed by atoms with Gasteiger partial charge in [-0.2, -0.15) is 0 Å². The maximum absolute atomic E-state index is 4.40. The molecule has 0 aromatic carbocycles. The summed E-state index contributed by atoms with van der Waals surface area (Å²) in [6.45, 7) is 3.50. The Bertz CT molecular complexity index is 86.5. The molecular formula is C6H10NO. The third kappa shape index (κ3) is 5.21. The average Bonchev–Trinajstić information content (AvgIpc) is 1.81. The molecule has 0 aromatic rings. The van der Waals surface area contributed by atoms with E-state index in [1.54, 1.807) is 12.3 Å². The molecule has 0 saturated carbocycles. The Hall–Kier alpha value is -0.790. The topological polar surface area (TPSA) is 21.6 Å². The van der Waals surface area contributed by atoms with Crippen molar-refractivity contribution in [3.8, 4) is 0 Å². The fourth-order valence-corrected chi connectivity index (χ4v) is 0.275. The lowest BCUT2D eigenvalue weighted by Crippen LogP contribution is -1.71. The number of hydrogen-bond acceptors (Lipinski definition) is 2. The van der Waals surface area contributed by atoms with Crippen molar-refractivity contribution in [2.75, 3.05) is 7.11 Å². The summed E-state index contributed by atoms with van der Waals surface area (Å²) in [5, 5.41) is 3.51. The molecule has 0 rings (SSSR count). The Labute approximate surface area is 49.8 Å². The van der Waals surface area contributed by atoms with Crippen LogP contribution < -0.4 is 0 Å². The maximum atomic E-state index is 4.40. The Morgan fingerprint density at radius 1 is 1.75 bits per heavy atom. The van der Waals surface area contributed by atoms with E-state index in [1.165, 1.54) is 7.11 Å². The molecular weight excluding hydrogens is 102 g/mol. The minimum absolute atomic E-state index is 0.789. The Kier molecular flexibility index (Phi) is 5.60. The summed E-state index contributed by atoms with van der Waals surface area (Å²) < 4.78 is 0. The van der Waals surface area contributed by atoms with E-state index < -0.39 is 0 Å². The molecule has 2 heteroatoms. The third-order valence-electron chi connectivity index (χ3n) is 0.588. The number of rotatable bonds is 3. The monoisotopic (exact) mass is 112 g/mol. The first-order valence-electron chi connectivity index (χ1n) is 2.41. The van der Waals surface area contributed by atoms with Crippen LogP contribution in [-0.4, -0.2) is 13.3 Å². The molecule has 0 aliphatic carbocycles. The van der Waals surface area contributed by atoms with Crippen molar-refractivity contribution in [1.82, 2.24) is 0 Å². The summed E-state index contributed by atoms with van der Waals surface area (Å²) in [5.74, 6) is 0. The van der Waals surface area contributed by atoms with Crippen molar-refractivity contribution in [3.63, 3.8) is 0 Å². The number of oxime groups is 1. The van der Waals surface area contributed by atoms with Crippen molar-refractivity contribution in [3.05, 3.63) is 19.1 Å². The van der Waals surface area contributed by atoms with Crippen LogP contribution in [0.5, 0.6) is 0 Å². The van der Waals surface area contributed by atoms with Gasteiger partial charge in [-0.3, -0.25) is 0 Å². The lowest BCUT2D eigenvalue weighted by molar-refractivity contribution is 0.215.